The molecule has 0 unspecified atom stereocenters. The van der Waals surface area contributed by atoms with Gasteiger partial charge in [-0.1, -0.05) is 0 Å². The molecule has 1 N–H and O–H groups in total. The first-order valence-electron chi connectivity index (χ1n) is 5.21. The smallest absolute Gasteiger partial charge is 0.271 e. The van der Waals surface area contributed by atoms with E-state index in [4.69, 9.17) is 0 Å². The van der Waals surface area contributed by atoms with Gasteiger partial charge >= 0.3 is 0 Å². The first-order chi connectivity index (χ1) is 8.25. The molecule has 0 spiro atoms. The van der Waals surface area contributed by atoms with E-state index in [9.17, 15) is 4.79 Å². The molecule has 0 bridgehead atoms. The molecule has 0 aliphatic rings. The van der Waals surface area contributed by atoms with Crippen LogP contribution in [0.2, 0.25) is 0 Å². The lowest BCUT2D eigenvalue weighted by atomic mass is 10.3. The Hall–Kier alpha value is -1.82. The average molecular weight is 248 g/mol. The van der Waals surface area contributed by atoms with E-state index in [0.717, 1.165) is 17.1 Å². The molecule has 0 fully saturated rings. The van der Waals surface area contributed by atoms with Crippen molar-refractivity contribution in [3.63, 3.8) is 0 Å². The maximum atomic E-state index is 11.6. The van der Waals surface area contributed by atoms with Crippen molar-refractivity contribution < 1.29 is 4.79 Å². The number of hydrogen-bond acceptors (Lipinski definition) is 5. The third-order valence-electron chi connectivity index (χ3n) is 2.13. The Labute approximate surface area is 103 Å². The Morgan fingerprint density at radius 3 is 3.00 bits per heavy atom. The molecule has 2 aromatic rings. The lowest BCUT2D eigenvalue weighted by Crippen LogP contribution is -2.26. The summed E-state index contributed by atoms with van der Waals surface area (Å²) in [5.41, 5.74) is 1.34. The van der Waals surface area contributed by atoms with Gasteiger partial charge in [-0.2, -0.15) is 0 Å². The van der Waals surface area contributed by atoms with Crippen LogP contribution in [0.25, 0.3) is 0 Å². The SMILES string of the molecule is Cc1nc(CCNC(=O)c2cnccn2)cs1. The summed E-state index contributed by atoms with van der Waals surface area (Å²) in [6.07, 6.45) is 5.21. The Kier molecular flexibility index (Phi) is 3.77. The fourth-order valence-corrected chi connectivity index (χ4v) is 1.98. The van der Waals surface area contributed by atoms with Crippen molar-refractivity contribution in [3.05, 3.63) is 40.4 Å². The van der Waals surface area contributed by atoms with Gasteiger partial charge in [0.2, 0.25) is 0 Å². The monoisotopic (exact) mass is 248 g/mol. The van der Waals surface area contributed by atoms with Crippen LogP contribution < -0.4 is 5.32 Å². The molecule has 2 rings (SSSR count). The average Bonchev–Trinajstić information content (AvgIpc) is 2.76. The van der Waals surface area contributed by atoms with Gasteiger partial charge < -0.3 is 5.32 Å². The Morgan fingerprint density at radius 2 is 2.35 bits per heavy atom. The number of hydrogen-bond donors (Lipinski definition) is 1. The Morgan fingerprint density at radius 1 is 1.47 bits per heavy atom. The lowest BCUT2D eigenvalue weighted by molar-refractivity contribution is 0.0948. The first-order valence-corrected chi connectivity index (χ1v) is 6.09. The second kappa shape index (κ2) is 5.49. The predicted molar refractivity (Wildman–Crippen MR) is 64.9 cm³/mol. The van der Waals surface area contributed by atoms with Crippen molar-refractivity contribution in [1.29, 1.82) is 0 Å². The summed E-state index contributed by atoms with van der Waals surface area (Å²) in [6, 6.07) is 0. The van der Waals surface area contributed by atoms with Crippen molar-refractivity contribution in [2.45, 2.75) is 13.3 Å². The minimum absolute atomic E-state index is 0.204. The number of rotatable bonds is 4. The summed E-state index contributed by atoms with van der Waals surface area (Å²) in [7, 11) is 0. The van der Waals surface area contributed by atoms with Gasteiger partial charge in [-0.3, -0.25) is 9.78 Å². The molecule has 0 saturated carbocycles. The molecule has 2 aromatic heterocycles. The third kappa shape index (κ3) is 3.32. The largest absolute Gasteiger partial charge is 0.350 e. The molecule has 1 amide bonds. The van der Waals surface area contributed by atoms with Gasteiger partial charge in [0, 0.05) is 30.7 Å². The fourth-order valence-electron chi connectivity index (χ4n) is 1.33. The van der Waals surface area contributed by atoms with Crippen LogP contribution >= 0.6 is 11.3 Å². The molecule has 6 heteroatoms. The van der Waals surface area contributed by atoms with Crippen molar-refractivity contribution in [2.24, 2.45) is 0 Å². The topological polar surface area (TPSA) is 67.8 Å². The molecular formula is C11H12N4OS. The summed E-state index contributed by atoms with van der Waals surface area (Å²) >= 11 is 1.61. The molecular weight excluding hydrogens is 236 g/mol. The van der Waals surface area contributed by atoms with Crippen LogP contribution in [0.1, 0.15) is 21.2 Å². The fraction of sp³-hybridized carbons (Fsp3) is 0.273. The summed E-state index contributed by atoms with van der Waals surface area (Å²) in [5.74, 6) is -0.204. The highest BCUT2D eigenvalue weighted by molar-refractivity contribution is 7.09. The van der Waals surface area contributed by atoms with Crippen molar-refractivity contribution in [3.8, 4) is 0 Å². The van der Waals surface area contributed by atoms with E-state index in [1.165, 1.54) is 18.6 Å². The van der Waals surface area contributed by atoms with Crippen LogP contribution in [0.3, 0.4) is 0 Å². The first kappa shape index (κ1) is 11.7. The highest BCUT2D eigenvalue weighted by Crippen LogP contribution is 2.07. The molecule has 88 valence electrons. The number of aromatic nitrogens is 3. The van der Waals surface area contributed by atoms with E-state index >= 15 is 0 Å². The van der Waals surface area contributed by atoms with Crippen molar-refractivity contribution in [1.82, 2.24) is 20.3 Å². The number of aryl methyl sites for hydroxylation is 1. The van der Waals surface area contributed by atoms with Gasteiger partial charge in [-0.25, -0.2) is 9.97 Å². The number of carbonyl (C=O) groups is 1. The van der Waals surface area contributed by atoms with E-state index in [1.54, 1.807) is 11.3 Å². The van der Waals surface area contributed by atoms with Crippen LogP contribution in [-0.2, 0) is 6.42 Å². The normalized spacial score (nSPS) is 10.2. The molecule has 0 aromatic carbocycles. The van der Waals surface area contributed by atoms with E-state index in [1.807, 2.05) is 12.3 Å². The van der Waals surface area contributed by atoms with Gasteiger partial charge in [0.1, 0.15) is 5.69 Å². The number of nitrogens with one attached hydrogen (secondary N) is 1. The molecule has 0 aliphatic carbocycles. The van der Waals surface area contributed by atoms with Crippen LogP contribution in [0.15, 0.2) is 24.0 Å². The third-order valence-corrected chi connectivity index (χ3v) is 2.95. The number of carbonyl (C=O) groups excluding carboxylic acids is 1. The van der Waals surface area contributed by atoms with Gasteiger partial charge in [-0.15, -0.1) is 11.3 Å². The summed E-state index contributed by atoms with van der Waals surface area (Å²) < 4.78 is 0. The Balaban J connectivity index is 1.81. The summed E-state index contributed by atoms with van der Waals surface area (Å²) in [6.45, 7) is 2.52. The van der Waals surface area contributed by atoms with Gasteiger partial charge in [0.15, 0.2) is 0 Å². The molecule has 5 nitrogen and oxygen atoms in total. The predicted octanol–water partition coefficient (Wildman–Crippen LogP) is 1.21. The zero-order valence-corrected chi connectivity index (χ0v) is 10.2. The molecule has 0 saturated heterocycles. The number of nitrogens with zero attached hydrogens (tertiary/aromatic N) is 3. The van der Waals surface area contributed by atoms with E-state index in [2.05, 4.69) is 20.3 Å². The lowest BCUT2D eigenvalue weighted by Gasteiger charge is -2.02. The quantitative estimate of drug-likeness (QED) is 0.883. The molecule has 0 atom stereocenters. The van der Waals surface area contributed by atoms with E-state index in [-0.39, 0.29) is 5.91 Å². The van der Waals surface area contributed by atoms with E-state index in [0.29, 0.717) is 12.2 Å². The van der Waals surface area contributed by atoms with Gasteiger partial charge in [-0.05, 0) is 6.92 Å². The van der Waals surface area contributed by atoms with Crippen LogP contribution in [0.4, 0.5) is 0 Å². The second-order valence-electron chi connectivity index (χ2n) is 3.45. The zero-order chi connectivity index (χ0) is 12.1. The van der Waals surface area contributed by atoms with Gasteiger partial charge in [0.25, 0.3) is 5.91 Å². The maximum absolute atomic E-state index is 11.6. The van der Waals surface area contributed by atoms with Crippen molar-refractivity contribution in [2.75, 3.05) is 6.54 Å². The zero-order valence-electron chi connectivity index (χ0n) is 9.38. The second-order valence-corrected chi connectivity index (χ2v) is 4.52. The van der Waals surface area contributed by atoms with Crippen LogP contribution in [0, 0.1) is 6.92 Å². The van der Waals surface area contributed by atoms with Crippen molar-refractivity contribution >= 4 is 17.2 Å². The highest BCUT2D eigenvalue weighted by Gasteiger charge is 2.06. The standard InChI is InChI=1S/C11H12N4OS/c1-8-15-9(7-17-8)2-3-14-11(16)10-6-12-4-5-13-10/h4-7H,2-3H2,1H3,(H,14,16). The Bertz CT molecular complexity index is 497. The maximum Gasteiger partial charge on any atom is 0.271 e. The highest BCUT2D eigenvalue weighted by atomic mass is 32.1. The minimum atomic E-state index is -0.204. The summed E-state index contributed by atoms with van der Waals surface area (Å²) in [5, 5.41) is 5.83. The number of amides is 1. The van der Waals surface area contributed by atoms with E-state index < -0.39 is 0 Å². The molecule has 0 aliphatic heterocycles. The molecule has 0 radical (unpaired) electrons. The minimum Gasteiger partial charge on any atom is -0.350 e. The molecule has 2 heterocycles. The van der Waals surface area contributed by atoms with Gasteiger partial charge in [0.05, 0.1) is 16.9 Å². The molecule has 17 heavy (non-hydrogen) atoms. The summed E-state index contributed by atoms with van der Waals surface area (Å²) in [4.78, 5) is 23.7. The van der Waals surface area contributed by atoms with Crippen LogP contribution in [-0.4, -0.2) is 27.4 Å². The number of thiazole rings is 1. The van der Waals surface area contributed by atoms with Crippen LogP contribution in [0.5, 0.6) is 0 Å².